The van der Waals surface area contributed by atoms with Crippen LogP contribution in [0.2, 0.25) is 0 Å². The van der Waals surface area contributed by atoms with Crippen LogP contribution < -0.4 is 0 Å². The van der Waals surface area contributed by atoms with Crippen molar-refractivity contribution in [2.45, 2.75) is 25.7 Å². The van der Waals surface area contributed by atoms with E-state index in [0.717, 1.165) is 38.9 Å². The summed E-state index contributed by atoms with van der Waals surface area (Å²) in [6.07, 6.45) is 3.32. The van der Waals surface area contributed by atoms with Crippen LogP contribution in [0.15, 0.2) is 24.3 Å². The van der Waals surface area contributed by atoms with Crippen molar-refractivity contribution in [2.24, 2.45) is 5.41 Å². The first-order chi connectivity index (χ1) is 12.4. The van der Waals surface area contributed by atoms with Gasteiger partial charge in [0, 0.05) is 44.7 Å². The van der Waals surface area contributed by atoms with Crippen molar-refractivity contribution in [3.05, 3.63) is 35.6 Å². The van der Waals surface area contributed by atoms with Gasteiger partial charge in [0.25, 0.3) is 5.91 Å². The predicted octanol–water partition coefficient (Wildman–Crippen LogP) is 2.23. The van der Waals surface area contributed by atoms with Gasteiger partial charge in [0.15, 0.2) is 0 Å². The van der Waals surface area contributed by atoms with Crippen LogP contribution in [0, 0.1) is 11.2 Å². The highest BCUT2D eigenvalue weighted by atomic mass is 19.1. The molecule has 1 aromatic rings. The topological polar surface area (TPSA) is 43.9 Å². The number of carbonyl (C=O) groups is 2. The molecular formula is C20H28FN3O2. The highest BCUT2D eigenvalue weighted by Gasteiger charge is 2.41. The molecule has 0 aromatic heterocycles. The van der Waals surface area contributed by atoms with Crippen molar-refractivity contribution in [2.75, 3.05) is 46.8 Å². The first-order valence-corrected chi connectivity index (χ1v) is 9.36. The third kappa shape index (κ3) is 4.23. The summed E-state index contributed by atoms with van der Waals surface area (Å²) in [5.41, 5.74) is 0.534. The molecule has 0 radical (unpaired) electrons. The molecule has 2 heterocycles. The van der Waals surface area contributed by atoms with E-state index in [1.165, 1.54) is 12.1 Å². The van der Waals surface area contributed by atoms with Gasteiger partial charge < -0.3 is 14.7 Å². The molecule has 142 valence electrons. The molecule has 0 N–H and O–H groups in total. The lowest BCUT2D eigenvalue weighted by Gasteiger charge is -2.47. The Hall–Kier alpha value is -1.95. The van der Waals surface area contributed by atoms with Crippen molar-refractivity contribution >= 4 is 11.8 Å². The quantitative estimate of drug-likeness (QED) is 0.826. The number of benzene rings is 1. The highest BCUT2D eigenvalue weighted by molar-refractivity contribution is 5.94. The van der Waals surface area contributed by atoms with Gasteiger partial charge >= 0.3 is 0 Å². The molecule has 5 nitrogen and oxygen atoms in total. The number of hydrogen-bond acceptors (Lipinski definition) is 3. The molecule has 2 aliphatic heterocycles. The van der Waals surface area contributed by atoms with Gasteiger partial charge in [-0.1, -0.05) is 6.07 Å². The average molecular weight is 361 g/mol. The molecule has 2 aliphatic rings. The van der Waals surface area contributed by atoms with Crippen LogP contribution in [-0.2, 0) is 4.79 Å². The van der Waals surface area contributed by atoms with Crippen LogP contribution in [0.4, 0.5) is 4.39 Å². The molecule has 0 atom stereocenters. The minimum absolute atomic E-state index is 0.101. The zero-order valence-corrected chi connectivity index (χ0v) is 15.7. The van der Waals surface area contributed by atoms with Crippen molar-refractivity contribution in [1.82, 2.24) is 14.7 Å². The van der Waals surface area contributed by atoms with Gasteiger partial charge in [0.1, 0.15) is 5.82 Å². The molecule has 0 aliphatic carbocycles. The van der Waals surface area contributed by atoms with Crippen LogP contribution in [0.25, 0.3) is 0 Å². The summed E-state index contributed by atoms with van der Waals surface area (Å²) < 4.78 is 13.4. The summed E-state index contributed by atoms with van der Waals surface area (Å²) in [6.45, 7) is 3.77. The number of amides is 2. The molecule has 0 unspecified atom stereocenters. The monoisotopic (exact) mass is 361 g/mol. The summed E-state index contributed by atoms with van der Waals surface area (Å²) in [5, 5.41) is 0. The van der Waals surface area contributed by atoms with E-state index >= 15 is 0 Å². The minimum atomic E-state index is -0.383. The maximum absolute atomic E-state index is 13.4. The van der Waals surface area contributed by atoms with Crippen molar-refractivity contribution in [1.29, 1.82) is 0 Å². The van der Waals surface area contributed by atoms with E-state index in [4.69, 9.17) is 0 Å². The van der Waals surface area contributed by atoms with Crippen molar-refractivity contribution in [3.8, 4) is 0 Å². The van der Waals surface area contributed by atoms with Crippen LogP contribution >= 0.6 is 0 Å². The number of likely N-dealkylation sites (tertiary alicyclic amines) is 2. The first kappa shape index (κ1) is 18.8. The highest BCUT2D eigenvalue weighted by Crippen LogP contribution is 2.40. The second kappa shape index (κ2) is 7.74. The predicted molar refractivity (Wildman–Crippen MR) is 98.3 cm³/mol. The van der Waals surface area contributed by atoms with Crippen LogP contribution in [0.3, 0.4) is 0 Å². The third-order valence-corrected chi connectivity index (χ3v) is 5.75. The zero-order chi connectivity index (χ0) is 18.7. The number of rotatable bonds is 4. The molecule has 3 rings (SSSR count). The Labute approximate surface area is 154 Å². The first-order valence-electron chi connectivity index (χ1n) is 9.36. The Morgan fingerprint density at radius 2 is 1.96 bits per heavy atom. The number of halogens is 1. The molecule has 0 bridgehead atoms. The molecule has 2 saturated heterocycles. The molecule has 26 heavy (non-hydrogen) atoms. The van der Waals surface area contributed by atoms with Gasteiger partial charge in [0.05, 0.1) is 0 Å². The molecule has 2 amide bonds. The summed E-state index contributed by atoms with van der Waals surface area (Å²) in [6, 6.07) is 5.89. The van der Waals surface area contributed by atoms with E-state index < -0.39 is 0 Å². The molecule has 1 aromatic carbocycles. The maximum Gasteiger partial charge on any atom is 0.253 e. The number of likely N-dealkylation sites (N-methyl/N-ethyl adjacent to an activating group) is 1. The van der Waals surface area contributed by atoms with Gasteiger partial charge in [-0.2, -0.15) is 0 Å². The lowest BCUT2D eigenvalue weighted by Crippen LogP contribution is -2.53. The fourth-order valence-electron chi connectivity index (χ4n) is 4.02. The van der Waals surface area contributed by atoms with E-state index in [0.29, 0.717) is 25.1 Å². The largest absolute Gasteiger partial charge is 0.341 e. The van der Waals surface area contributed by atoms with Crippen LogP contribution in [0.1, 0.15) is 36.0 Å². The average Bonchev–Trinajstić information content (AvgIpc) is 2.63. The lowest BCUT2D eigenvalue weighted by molar-refractivity contribution is -0.139. The molecule has 2 fully saturated rings. The number of carbonyl (C=O) groups excluding carboxylic acids is 2. The number of piperidine rings is 2. The second-order valence-corrected chi connectivity index (χ2v) is 7.92. The number of hydrogen-bond donors (Lipinski definition) is 0. The zero-order valence-electron chi connectivity index (χ0n) is 15.7. The maximum atomic E-state index is 13.4. The van der Waals surface area contributed by atoms with Crippen LogP contribution in [-0.4, -0.2) is 73.3 Å². The summed E-state index contributed by atoms with van der Waals surface area (Å²) in [7, 11) is 4.03. The fraction of sp³-hybridized carbons (Fsp3) is 0.600. The van der Waals surface area contributed by atoms with E-state index in [9.17, 15) is 14.0 Å². The Balaban J connectivity index is 1.60. The Kier molecular flexibility index (Phi) is 5.61. The van der Waals surface area contributed by atoms with Gasteiger partial charge in [0.2, 0.25) is 5.91 Å². The Morgan fingerprint density at radius 3 is 2.62 bits per heavy atom. The van der Waals surface area contributed by atoms with E-state index in [-0.39, 0.29) is 23.0 Å². The lowest BCUT2D eigenvalue weighted by atomic mass is 9.72. The normalized spacial score (nSPS) is 20.1. The minimum Gasteiger partial charge on any atom is -0.341 e. The van der Waals surface area contributed by atoms with Gasteiger partial charge in [-0.15, -0.1) is 0 Å². The van der Waals surface area contributed by atoms with Gasteiger partial charge in [-0.25, -0.2) is 4.39 Å². The SMILES string of the molecule is CN(C)CCN1CC2(CCC1=O)CCN(C(=O)c1cccc(F)c1)CC2. The fourth-order valence-corrected chi connectivity index (χ4v) is 4.02. The van der Waals surface area contributed by atoms with E-state index in [2.05, 4.69) is 4.90 Å². The van der Waals surface area contributed by atoms with E-state index in [1.54, 1.807) is 12.1 Å². The Morgan fingerprint density at radius 1 is 1.23 bits per heavy atom. The van der Waals surface area contributed by atoms with Crippen molar-refractivity contribution in [3.63, 3.8) is 0 Å². The van der Waals surface area contributed by atoms with Gasteiger partial charge in [-0.3, -0.25) is 9.59 Å². The second-order valence-electron chi connectivity index (χ2n) is 7.92. The summed E-state index contributed by atoms with van der Waals surface area (Å²) >= 11 is 0. The third-order valence-electron chi connectivity index (χ3n) is 5.75. The van der Waals surface area contributed by atoms with E-state index in [1.807, 2.05) is 23.9 Å². The number of nitrogens with zero attached hydrogens (tertiary/aromatic N) is 3. The van der Waals surface area contributed by atoms with Crippen molar-refractivity contribution < 1.29 is 14.0 Å². The molecule has 1 spiro atoms. The van der Waals surface area contributed by atoms with Crippen LogP contribution in [0.5, 0.6) is 0 Å². The molecule has 0 saturated carbocycles. The summed E-state index contributed by atoms with van der Waals surface area (Å²) in [5.74, 6) is -0.238. The Bertz CT molecular complexity index is 669. The summed E-state index contributed by atoms with van der Waals surface area (Å²) in [4.78, 5) is 30.7. The molecular weight excluding hydrogens is 333 g/mol. The molecule has 6 heteroatoms. The standard InChI is InChI=1S/C20H28FN3O2/c1-22(2)12-13-24-15-20(7-6-18(24)25)8-10-23(11-9-20)19(26)16-4-3-5-17(21)14-16/h3-5,14H,6-13,15H2,1-2H3. The van der Waals surface area contributed by atoms with Gasteiger partial charge in [-0.05, 0) is 57.0 Å². The smallest absolute Gasteiger partial charge is 0.253 e.